The highest BCUT2D eigenvalue weighted by Gasteiger charge is 2.20. The summed E-state index contributed by atoms with van der Waals surface area (Å²) in [6, 6.07) is 12.0. The van der Waals surface area contributed by atoms with Crippen molar-refractivity contribution in [1.82, 2.24) is 4.90 Å². The predicted octanol–water partition coefficient (Wildman–Crippen LogP) is 4.31. The largest absolute Gasteiger partial charge is 0.463 e. The molecule has 0 N–H and O–H groups in total. The monoisotopic (exact) mass is 327 g/mol. The van der Waals surface area contributed by atoms with Gasteiger partial charge in [0.25, 0.3) is 0 Å². The van der Waals surface area contributed by atoms with Crippen LogP contribution in [-0.4, -0.2) is 25.0 Å². The fraction of sp³-hybridized carbons (Fsp3) is 0.316. The van der Waals surface area contributed by atoms with Crippen LogP contribution < -0.4 is 0 Å². The van der Waals surface area contributed by atoms with Crippen LogP contribution in [0.3, 0.4) is 0 Å². The van der Waals surface area contributed by atoms with E-state index in [1.165, 1.54) is 7.11 Å². The predicted molar refractivity (Wildman–Crippen MR) is 90.9 cm³/mol. The Morgan fingerprint density at radius 2 is 2.00 bits per heavy atom. The number of methoxy groups -OCH3 is 1. The summed E-state index contributed by atoms with van der Waals surface area (Å²) >= 11 is 0. The second-order valence-corrected chi connectivity index (χ2v) is 5.99. The highest BCUT2D eigenvalue weighted by molar-refractivity contribution is 5.87. The average molecular weight is 327 g/mol. The van der Waals surface area contributed by atoms with Crippen molar-refractivity contribution >= 4 is 16.9 Å². The van der Waals surface area contributed by atoms with Gasteiger partial charge in [0.2, 0.25) is 5.76 Å². The first kappa shape index (κ1) is 16.3. The molecular weight excluding hydrogens is 306 g/mol. The van der Waals surface area contributed by atoms with Crippen molar-refractivity contribution in [2.24, 2.45) is 0 Å². The molecule has 5 nitrogen and oxygen atoms in total. The molecule has 0 saturated heterocycles. The normalized spacial score (nSPS) is 12.7. The maximum Gasteiger partial charge on any atom is 0.374 e. The minimum atomic E-state index is -0.452. The number of esters is 1. The smallest absolute Gasteiger partial charge is 0.374 e. The Labute approximate surface area is 140 Å². The number of ether oxygens (including phenoxy) is 1. The molecule has 0 amide bonds. The lowest BCUT2D eigenvalue weighted by Crippen LogP contribution is -2.21. The maximum atomic E-state index is 11.6. The zero-order valence-electron chi connectivity index (χ0n) is 14.3. The van der Waals surface area contributed by atoms with Crippen LogP contribution in [0, 0.1) is 6.92 Å². The fourth-order valence-corrected chi connectivity index (χ4v) is 2.73. The molecule has 0 fully saturated rings. The van der Waals surface area contributed by atoms with Gasteiger partial charge >= 0.3 is 5.97 Å². The molecule has 126 valence electrons. The molecule has 0 aliphatic rings. The van der Waals surface area contributed by atoms with Crippen LogP contribution in [0.1, 0.15) is 40.6 Å². The van der Waals surface area contributed by atoms with Crippen molar-refractivity contribution < 1.29 is 18.4 Å². The summed E-state index contributed by atoms with van der Waals surface area (Å²) in [6.45, 7) is 4.48. The Hall–Kier alpha value is -2.53. The number of rotatable bonds is 5. The lowest BCUT2D eigenvalue weighted by molar-refractivity contribution is 0.0559. The third kappa shape index (κ3) is 3.08. The number of hydrogen-bond donors (Lipinski definition) is 0. The van der Waals surface area contributed by atoms with Crippen molar-refractivity contribution in [2.45, 2.75) is 26.4 Å². The SMILES string of the molecule is COC(=O)c1oc(CN(C)C(C)c2cc3ccccc3o2)cc1C. The number of nitrogens with zero attached hydrogens (tertiary/aromatic N) is 1. The van der Waals surface area contributed by atoms with Crippen LogP contribution in [0.4, 0.5) is 0 Å². The van der Waals surface area contributed by atoms with Crippen LogP contribution in [-0.2, 0) is 11.3 Å². The summed E-state index contributed by atoms with van der Waals surface area (Å²) in [6.07, 6.45) is 0. The molecule has 0 spiro atoms. The van der Waals surface area contributed by atoms with Gasteiger partial charge in [-0.2, -0.15) is 0 Å². The van der Waals surface area contributed by atoms with Crippen LogP contribution in [0.2, 0.25) is 0 Å². The molecule has 1 aromatic carbocycles. The number of aryl methyl sites for hydroxylation is 1. The van der Waals surface area contributed by atoms with E-state index < -0.39 is 5.97 Å². The summed E-state index contributed by atoms with van der Waals surface area (Å²) in [4.78, 5) is 13.8. The van der Waals surface area contributed by atoms with Gasteiger partial charge in [0.1, 0.15) is 17.1 Å². The second-order valence-electron chi connectivity index (χ2n) is 5.99. The van der Waals surface area contributed by atoms with Crippen molar-refractivity contribution in [3.05, 3.63) is 59.2 Å². The number of fused-ring (bicyclic) bond motifs is 1. The number of hydrogen-bond acceptors (Lipinski definition) is 5. The zero-order chi connectivity index (χ0) is 17.3. The molecule has 2 aromatic heterocycles. The molecule has 5 heteroatoms. The van der Waals surface area contributed by atoms with Crippen molar-refractivity contribution in [2.75, 3.05) is 14.2 Å². The van der Waals surface area contributed by atoms with Gasteiger partial charge in [-0.25, -0.2) is 4.79 Å². The van der Waals surface area contributed by atoms with Gasteiger partial charge in [-0.1, -0.05) is 18.2 Å². The van der Waals surface area contributed by atoms with Crippen molar-refractivity contribution in [3.63, 3.8) is 0 Å². The van der Waals surface area contributed by atoms with E-state index in [-0.39, 0.29) is 11.8 Å². The summed E-state index contributed by atoms with van der Waals surface area (Å²) in [5, 5.41) is 1.09. The van der Waals surface area contributed by atoms with Crippen molar-refractivity contribution in [3.8, 4) is 0 Å². The Morgan fingerprint density at radius 3 is 2.71 bits per heavy atom. The quantitative estimate of drug-likeness (QED) is 0.653. The van der Waals surface area contributed by atoms with E-state index >= 15 is 0 Å². The molecule has 3 rings (SSSR count). The molecule has 0 aliphatic carbocycles. The second kappa shape index (κ2) is 6.53. The molecule has 24 heavy (non-hydrogen) atoms. The van der Waals surface area contributed by atoms with Crippen LogP contribution in [0.15, 0.2) is 45.2 Å². The summed E-state index contributed by atoms with van der Waals surface area (Å²) in [5.41, 5.74) is 1.66. The first-order valence-corrected chi connectivity index (χ1v) is 7.86. The maximum absolute atomic E-state index is 11.6. The average Bonchev–Trinajstić information content (AvgIpc) is 3.16. The van der Waals surface area contributed by atoms with Crippen LogP contribution in [0.5, 0.6) is 0 Å². The van der Waals surface area contributed by atoms with E-state index in [4.69, 9.17) is 13.6 Å². The number of para-hydroxylation sites is 1. The van der Waals surface area contributed by atoms with Gasteiger partial charge in [0.05, 0.1) is 19.7 Å². The number of benzene rings is 1. The van der Waals surface area contributed by atoms with Gasteiger partial charge in [0, 0.05) is 10.9 Å². The number of furan rings is 2. The van der Waals surface area contributed by atoms with E-state index in [0.717, 1.165) is 28.1 Å². The Bertz CT molecular complexity index is 828. The molecule has 0 aliphatic heterocycles. The summed E-state index contributed by atoms with van der Waals surface area (Å²) in [7, 11) is 3.34. The topological polar surface area (TPSA) is 55.8 Å². The van der Waals surface area contributed by atoms with E-state index in [1.807, 2.05) is 44.3 Å². The Balaban J connectivity index is 1.76. The third-order valence-corrected chi connectivity index (χ3v) is 4.26. The van der Waals surface area contributed by atoms with E-state index in [9.17, 15) is 4.79 Å². The highest BCUT2D eigenvalue weighted by atomic mass is 16.5. The summed E-state index contributed by atoms with van der Waals surface area (Å²) < 4.78 is 16.3. The molecule has 3 aromatic rings. The Kier molecular flexibility index (Phi) is 4.44. The van der Waals surface area contributed by atoms with E-state index in [1.54, 1.807) is 0 Å². The fourth-order valence-electron chi connectivity index (χ4n) is 2.73. The standard InChI is InChI=1S/C19H21NO4/c1-12-9-15(23-18(12)19(21)22-4)11-20(3)13(2)17-10-14-7-5-6-8-16(14)24-17/h5-10,13H,11H2,1-4H3. The molecule has 1 unspecified atom stereocenters. The third-order valence-electron chi connectivity index (χ3n) is 4.26. The number of carbonyl (C=O) groups is 1. The van der Waals surface area contributed by atoms with Crippen LogP contribution >= 0.6 is 0 Å². The first-order valence-electron chi connectivity index (χ1n) is 7.86. The molecular formula is C19H21NO4. The van der Waals surface area contributed by atoms with E-state index in [2.05, 4.69) is 17.9 Å². The zero-order valence-corrected chi connectivity index (χ0v) is 14.3. The van der Waals surface area contributed by atoms with Gasteiger partial charge in [-0.05, 0) is 39.1 Å². The van der Waals surface area contributed by atoms with Gasteiger partial charge in [-0.15, -0.1) is 0 Å². The van der Waals surface area contributed by atoms with Crippen molar-refractivity contribution in [1.29, 1.82) is 0 Å². The van der Waals surface area contributed by atoms with Gasteiger partial charge < -0.3 is 13.6 Å². The molecule has 2 heterocycles. The summed E-state index contributed by atoms with van der Waals surface area (Å²) in [5.74, 6) is 1.43. The Morgan fingerprint density at radius 1 is 1.25 bits per heavy atom. The van der Waals surface area contributed by atoms with E-state index in [0.29, 0.717) is 6.54 Å². The highest BCUT2D eigenvalue weighted by Crippen LogP contribution is 2.28. The molecule has 1 atom stereocenters. The number of carbonyl (C=O) groups excluding carboxylic acids is 1. The lowest BCUT2D eigenvalue weighted by Gasteiger charge is -2.21. The van der Waals surface area contributed by atoms with Gasteiger partial charge in [-0.3, -0.25) is 4.90 Å². The molecule has 0 radical (unpaired) electrons. The lowest BCUT2D eigenvalue weighted by atomic mass is 10.2. The minimum absolute atomic E-state index is 0.0735. The molecule has 0 saturated carbocycles. The van der Waals surface area contributed by atoms with Crippen LogP contribution in [0.25, 0.3) is 11.0 Å². The minimum Gasteiger partial charge on any atom is -0.463 e. The van der Waals surface area contributed by atoms with Gasteiger partial charge in [0.15, 0.2) is 0 Å². The molecule has 0 bridgehead atoms. The first-order chi connectivity index (χ1) is 11.5.